The predicted octanol–water partition coefficient (Wildman–Crippen LogP) is 2.70. The van der Waals surface area contributed by atoms with Crippen molar-refractivity contribution >= 4 is 17.6 Å². The van der Waals surface area contributed by atoms with Crippen molar-refractivity contribution in [3.8, 4) is 0 Å². The van der Waals surface area contributed by atoms with E-state index in [1.807, 2.05) is 13.8 Å². The zero-order valence-electron chi connectivity index (χ0n) is 14.8. The van der Waals surface area contributed by atoms with E-state index in [2.05, 4.69) is 47.7 Å². The Kier molecular flexibility index (Phi) is 8.16. The van der Waals surface area contributed by atoms with E-state index < -0.39 is 0 Å². The summed E-state index contributed by atoms with van der Waals surface area (Å²) in [6.45, 7) is 9.24. The molecule has 0 aliphatic carbocycles. The smallest absolute Gasteiger partial charge is 0.222 e. The first-order valence-electron chi connectivity index (χ1n) is 8.44. The highest BCUT2D eigenvalue weighted by atomic mass is 16.1. The summed E-state index contributed by atoms with van der Waals surface area (Å²) >= 11 is 0. The van der Waals surface area contributed by atoms with Crippen LogP contribution in [0.5, 0.6) is 0 Å². The second kappa shape index (κ2) is 9.87. The molecule has 1 aromatic carbocycles. The Balaban J connectivity index is 2.53. The number of carbonyl (C=O) groups is 1. The number of hydrogen-bond donors (Lipinski definition) is 3. The number of anilines is 1. The lowest BCUT2D eigenvalue weighted by Crippen LogP contribution is -2.29. The third-order valence-corrected chi connectivity index (χ3v) is 3.69. The summed E-state index contributed by atoms with van der Waals surface area (Å²) in [7, 11) is 0. The summed E-state index contributed by atoms with van der Waals surface area (Å²) < 4.78 is 0. The number of carbonyl (C=O) groups excluding carboxylic acids is 1. The summed E-state index contributed by atoms with van der Waals surface area (Å²) in [4.78, 5) is 15.8. The van der Waals surface area contributed by atoms with Crippen molar-refractivity contribution in [3.05, 3.63) is 29.3 Å². The standard InChI is InChI=1S/C18H30N4O/c1-5-14-9-7-10-15(6-2)16(14)22-18(19)21-12-8-11-20-17(23)13(3)4/h7,9-10,13H,5-6,8,11-12H2,1-4H3,(H,20,23)(H3,19,21,22). The van der Waals surface area contributed by atoms with Crippen molar-refractivity contribution in [3.63, 3.8) is 0 Å². The molecule has 0 spiro atoms. The topological polar surface area (TPSA) is 79.5 Å². The van der Waals surface area contributed by atoms with Gasteiger partial charge in [0.25, 0.3) is 0 Å². The molecule has 5 nitrogen and oxygen atoms in total. The Labute approximate surface area is 139 Å². The molecule has 0 atom stereocenters. The molecule has 0 fully saturated rings. The first-order chi connectivity index (χ1) is 11.0. The van der Waals surface area contributed by atoms with Gasteiger partial charge >= 0.3 is 0 Å². The largest absolute Gasteiger partial charge is 0.370 e. The quantitative estimate of drug-likeness (QED) is 0.392. The number of hydrogen-bond acceptors (Lipinski definition) is 2. The van der Waals surface area contributed by atoms with E-state index in [1.54, 1.807) is 0 Å². The molecule has 1 aromatic rings. The van der Waals surface area contributed by atoms with Gasteiger partial charge in [0.15, 0.2) is 5.96 Å². The van der Waals surface area contributed by atoms with E-state index in [1.165, 1.54) is 11.1 Å². The summed E-state index contributed by atoms with van der Waals surface area (Å²) in [6, 6.07) is 6.29. The van der Waals surface area contributed by atoms with Gasteiger partial charge in [-0.2, -0.15) is 0 Å². The maximum atomic E-state index is 11.4. The fraction of sp³-hybridized carbons (Fsp3) is 0.556. The number of para-hydroxylation sites is 1. The van der Waals surface area contributed by atoms with Crippen LogP contribution in [0.25, 0.3) is 0 Å². The Hall–Kier alpha value is -2.04. The van der Waals surface area contributed by atoms with Crippen LogP contribution in [0.2, 0.25) is 0 Å². The van der Waals surface area contributed by atoms with Crippen molar-refractivity contribution in [1.82, 2.24) is 5.32 Å². The maximum Gasteiger partial charge on any atom is 0.222 e. The van der Waals surface area contributed by atoms with Crippen molar-refractivity contribution in [2.45, 2.75) is 47.0 Å². The van der Waals surface area contributed by atoms with Crippen molar-refractivity contribution < 1.29 is 4.79 Å². The minimum Gasteiger partial charge on any atom is -0.370 e. The number of nitrogens with one attached hydrogen (secondary N) is 2. The molecular weight excluding hydrogens is 288 g/mol. The van der Waals surface area contributed by atoms with Crippen LogP contribution in [0.4, 0.5) is 5.69 Å². The van der Waals surface area contributed by atoms with Gasteiger partial charge in [0, 0.05) is 24.7 Å². The molecule has 1 rings (SSSR count). The van der Waals surface area contributed by atoms with Crippen LogP contribution in [0.3, 0.4) is 0 Å². The predicted molar refractivity (Wildman–Crippen MR) is 97.8 cm³/mol. The van der Waals surface area contributed by atoms with Gasteiger partial charge in [-0.3, -0.25) is 9.79 Å². The second-order valence-electron chi connectivity index (χ2n) is 5.85. The van der Waals surface area contributed by atoms with Crippen LogP contribution >= 0.6 is 0 Å². The molecule has 128 valence electrons. The van der Waals surface area contributed by atoms with Gasteiger partial charge < -0.3 is 16.4 Å². The van der Waals surface area contributed by atoms with Crippen LogP contribution < -0.4 is 16.4 Å². The Morgan fingerprint density at radius 2 is 1.83 bits per heavy atom. The Morgan fingerprint density at radius 1 is 1.22 bits per heavy atom. The summed E-state index contributed by atoms with van der Waals surface area (Å²) in [5.41, 5.74) is 9.56. The summed E-state index contributed by atoms with van der Waals surface area (Å²) in [5, 5.41) is 6.11. The molecule has 0 unspecified atom stereocenters. The third kappa shape index (κ3) is 6.30. The first-order valence-corrected chi connectivity index (χ1v) is 8.44. The van der Waals surface area contributed by atoms with Crippen LogP contribution in [0.15, 0.2) is 23.2 Å². The molecule has 5 heteroatoms. The highest BCUT2D eigenvalue weighted by Crippen LogP contribution is 2.22. The molecule has 0 bridgehead atoms. The summed E-state index contributed by atoms with van der Waals surface area (Å²) in [6.07, 6.45) is 2.67. The molecular formula is C18H30N4O. The number of nitrogens with zero attached hydrogens (tertiary/aromatic N) is 1. The van der Waals surface area contributed by atoms with E-state index >= 15 is 0 Å². The van der Waals surface area contributed by atoms with Crippen LogP contribution in [-0.2, 0) is 17.6 Å². The van der Waals surface area contributed by atoms with E-state index in [4.69, 9.17) is 5.73 Å². The number of amides is 1. The second-order valence-corrected chi connectivity index (χ2v) is 5.85. The molecule has 0 heterocycles. The molecule has 0 aromatic heterocycles. The van der Waals surface area contributed by atoms with Crippen molar-refractivity contribution in [2.75, 3.05) is 18.4 Å². The van der Waals surface area contributed by atoms with E-state index in [0.717, 1.165) is 24.9 Å². The van der Waals surface area contributed by atoms with Gasteiger partial charge in [-0.25, -0.2) is 0 Å². The molecule has 0 aliphatic rings. The lowest BCUT2D eigenvalue weighted by atomic mass is 10.0. The molecule has 0 saturated heterocycles. The molecule has 0 aliphatic heterocycles. The fourth-order valence-corrected chi connectivity index (χ4v) is 2.27. The maximum absolute atomic E-state index is 11.4. The zero-order chi connectivity index (χ0) is 17.2. The highest BCUT2D eigenvalue weighted by molar-refractivity contribution is 5.93. The first kappa shape index (κ1) is 19.0. The SMILES string of the molecule is CCc1cccc(CC)c1NC(N)=NCCCNC(=O)C(C)C. The Bertz CT molecular complexity index is 516. The zero-order valence-corrected chi connectivity index (χ0v) is 14.8. The van der Waals surface area contributed by atoms with Gasteiger partial charge in [-0.1, -0.05) is 45.9 Å². The van der Waals surface area contributed by atoms with Crippen LogP contribution in [0.1, 0.15) is 45.2 Å². The highest BCUT2D eigenvalue weighted by Gasteiger charge is 2.07. The van der Waals surface area contributed by atoms with E-state index in [0.29, 0.717) is 19.0 Å². The normalized spacial score (nSPS) is 11.6. The van der Waals surface area contributed by atoms with Gasteiger partial charge in [-0.05, 0) is 30.4 Å². The average Bonchev–Trinajstić information content (AvgIpc) is 2.54. The lowest BCUT2D eigenvalue weighted by Gasteiger charge is -2.14. The molecule has 0 saturated carbocycles. The number of guanidine groups is 1. The third-order valence-electron chi connectivity index (χ3n) is 3.69. The monoisotopic (exact) mass is 318 g/mol. The lowest BCUT2D eigenvalue weighted by molar-refractivity contribution is -0.123. The molecule has 23 heavy (non-hydrogen) atoms. The Morgan fingerprint density at radius 3 is 2.35 bits per heavy atom. The molecule has 4 N–H and O–H groups in total. The molecule has 1 amide bonds. The van der Waals surface area contributed by atoms with E-state index in [9.17, 15) is 4.79 Å². The minimum absolute atomic E-state index is 0.0169. The molecule has 0 radical (unpaired) electrons. The van der Waals surface area contributed by atoms with Crippen LogP contribution in [-0.4, -0.2) is 25.0 Å². The minimum atomic E-state index is 0.0169. The van der Waals surface area contributed by atoms with Gasteiger partial charge in [0.1, 0.15) is 0 Å². The summed E-state index contributed by atoms with van der Waals surface area (Å²) in [5.74, 6) is 0.517. The fourth-order valence-electron chi connectivity index (χ4n) is 2.27. The van der Waals surface area contributed by atoms with Gasteiger partial charge in [-0.15, -0.1) is 0 Å². The van der Waals surface area contributed by atoms with Crippen LogP contribution in [0, 0.1) is 5.92 Å². The van der Waals surface area contributed by atoms with E-state index in [-0.39, 0.29) is 11.8 Å². The number of benzene rings is 1. The van der Waals surface area contributed by atoms with Crippen molar-refractivity contribution in [2.24, 2.45) is 16.6 Å². The van der Waals surface area contributed by atoms with Gasteiger partial charge in [0.2, 0.25) is 5.91 Å². The average molecular weight is 318 g/mol. The number of rotatable bonds is 8. The number of nitrogens with two attached hydrogens (primary N) is 1. The van der Waals surface area contributed by atoms with Gasteiger partial charge in [0.05, 0.1) is 0 Å². The van der Waals surface area contributed by atoms with Crippen molar-refractivity contribution in [1.29, 1.82) is 0 Å². The number of aryl methyl sites for hydroxylation is 2. The number of aliphatic imine (C=N–C) groups is 1.